The van der Waals surface area contributed by atoms with Crippen LogP contribution in [0.15, 0.2) is 18.2 Å². The molecule has 2 atom stereocenters. The SMILES string of the molecule is Cc1ccc([C@H]2CCCC[C@@H]2C)c(N)c1. The Kier molecular flexibility index (Phi) is 2.99. The Bertz CT molecular complexity index is 343. The smallest absolute Gasteiger partial charge is 0.0352 e. The highest BCUT2D eigenvalue weighted by molar-refractivity contribution is 5.51. The lowest BCUT2D eigenvalue weighted by atomic mass is 9.76. The van der Waals surface area contributed by atoms with Crippen molar-refractivity contribution < 1.29 is 0 Å². The molecule has 0 unspecified atom stereocenters. The predicted octanol–water partition coefficient (Wildman–Crippen LogP) is 3.87. The van der Waals surface area contributed by atoms with E-state index in [0.717, 1.165) is 11.6 Å². The molecule has 2 N–H and O–H groups in total. The maximum Gasteiger partial charge on any atom is 0.0352 e. The standard InChI is InChI=1S/C14H21N/c1-10-7-8-13(14(15)9-10)12-6-4-3-5-11(12)2/h7-9,11-12H,3-6,15H2,1-2H3/t11-,12-/m0/s1. The number of anilines is 1. The molecule has 0 amide bonds. The van der Waals surface area contributed by atoms with Crippen LogP contribution in [0.4, 0.5) is 5.69 Å². The fourth-order valence-corrected chi connectivity index (χ4v) is 2.81. The number of nitrogens with two attached hydrogens (primary N) is 1. The molecule has 15 heavy (non-hydrogen) atoms. The summed E-state index contributed by atoms with van der Waals surface area (Å²) in [6.45, 7) is 4.47. The van der Waals surface area contributed by atoms with E-state index in [1.807, 2.05) is 0 Å². The molecular weight excluding hydrogens is 182 g/mol. The largest absolute Gasteiger partial charge is 0.398 e. The first-order valence-corrected chi connectivity index (χ1v) is 6.04. The lowest BCUT2D eigenvalue weighted by Crippen LogP contribution is -2.16. The third-order valence-corrected chi connectivity index (χ3v) is 3.75. The van der Waals surface area contributed by atoms with Gasteiger partial charge in [-0.15, -0.1) is 0 Å². The number of aryl methyl sites for hydroxylation is 1. The molecule has 0 aromatic heterocycles. The molecule has 2 rings (SSSR count). The second-order valence-corrected chi connectivity index (χ2v) is 5.00. The maximum atomic E-state index is 6.11. The van der Waals surface area contributed by atoms with E-state index in [1.165, 1.54) is 36.8 Å². The molecule has 1 aliphatic carbocycles. The molecule has 1 fully saturated rings. The van der Waals surface area contributed by atoms with Gasteiger partial charge in [-0.25, -0.2) is 0 Å². The summed E-state index contributed by atoms with van der Waals surface area (Å²) >= 11 is 0. The molecule has 0 saturated heterocycles. The van der Waals surface area contributed by atoms with Gasteiger partial charge in [0.1, 0.15) is 0 Å². The lowest BCUT2D eigenvalue weighted by Gasteiger charge is -2.30. The first-order valence-electron chi connectivity index (χ1n) is 6.04. The van der Waals surface area contributed by atoms with Crippen molar-refractivity contribution in [1.29, 1.82) is 0 Å². The first kappa shape index (κ1) is 10.5. The summed E-state index contributed by atoms with van der Waals surface area (Å²) in [6, 6.07) is 6.53. The van der Waals surface area contributed by atoms with Crippen molar-refractivity contribution in [3.05, 3.63) is 29.3 Å². The van der Waals surface area contributed by atoms with Gasteiger partial charge in [0.15, 0.2) is 0 Å². The summed E-state index contributed by atoms with van der Waals surface area (Å²) in [6.07, 6.45) is 5.43. The molecule has 1 aromatic carbocycles. The van der Waals surface area contributed by atoms with Gasteiger partial charge in [0, 0.05) is 5.69 Å². The average Bonchev–Trinajstić information content (AvgIpc) is 2.20. The second-order valence-electron chi connectivity index (χ2n) is 5.00. The molecule has 82 valence electrons. The van der Waals surface area contributed by atoms with Crippen LogP contribution in [-0.4, -0.2) is 0 Å². The zero-order valence-electron chi connectivity index (χ0n) is 9.79. The molecule has 0 radical (unpaired) electrons. The average molecular weight is 203 g/mol. The van der Waals surface area contributed by atoms with Crippen LogP contribution >= 0.6 is 0 Å². The van der Waals surface area contributed by atoms with E-state index in [4.69, 9.17) is 5.73 Å². The highest BCUT2D eigenvalue weighted by Crippen LogP contribution is 2.39. The van der Waals surface area contributed by atoms with E-state index in [-0.39, 0.29) is 0 Å². The van der Waals surface area contributed by atoms with Crippen molar-refractivity contribution in [2.45, 2.75) is 45.4 Å². The molecule has 0 spiro atoms. The van der Waals surface area contributed by atoms with E-state index >= 15 is 0 Å². The van der Waals surface area contributed by atoms with Crippen LogP contribution in [0.5, 0.6) is 0 Å². The van der Waals surface area contributed by atoms with Crippen LogP contribution in [0.2, 0.25) is 0 Å². The molecule has 0 aliphatic heterocycles. The minimum Gasteiger partial charge on any atom is -0.398 e. The van der Waals surface area contributed by atoms with E-state index in [9.17, 15) is 0 Å². The second kappa shape index (κ2) is 4.26. The summed E-state index contributed by atoms with van der Waals surface area (Å²) in [7, 11) is 0. The van der Waals surface area contributed by atoms with Gasteiger partial charge in [0.25, 0.3) is 0 Å². The predicted molar refractivity (Wildman–Crippen MR) is 66.0 cm³/mol. The summed E-state index contributed by atoms with van der Waals surface area (Å²) in [5.41, 5.74) is 9.75. The lowest BCUT2D eigenvalue weighted by molar-refractivity contribution is 0.331. The molecule has 1 saturated carbocycles. The minimum atomic E-state index is 0.694. The van der Waals surface area contributed by atoms with E-state index in [0.29, 0.717) is 5.92 Å². The maximum absolute atomic E-state index is 6.11. The van der Waals surface area contributed by atoms with Gasteiger partial charge in [-0.2, -0.15) is 0 Å². The highest BCUT2D eigenvalue weighted by Gasteiger charge is 2.24. The number of hydrogen-bond acceptors (Lipinski definition) is 1. The summed E-state index contributed by atoms with van der Waals surface area (Å²) < 4.78 is 0. The highest BCUT2D eigenvalue weighted by atomic mass is 14.6. The normalized spacial score (nSPS) is 26.5. The van der Waals surface area contributed by atoms with Gasteiger partial charge in [-0.3, -0.25) is 0 Å². The third-order valence-electron chi connectivity index (χ3n) is 3.75. The van der Waals surface area contributed by atoms with Crippen LogP contribution < -0.4 is 5.73 Å². The Hall–Kier alpha value is -0.980. The molecule has 0 bridgehead atoms. The van der Waals surface area contributed by atoms with Crippen molar-refractivity contribution in [2.75, 3.05) is 5.73 Å². The monoisotopic (exact) mass is 203 g/mol. The molecule has 1 aromatic rings. The van der Waals surface area contributed by atoms with Crippen LogP contribution in [-0.2, 0) is 0 Å². The topological polar surface area (TPSA) is 26.0 Å². The fraction of sp³-hybridized carbons (Fsp3) is 0.571. The summed E-state index contributed by atoms with van der Waals surface area (Å²) in [5.74, 6) is 1.49. The zero-order chi connectivity index (χ0) is 10.8. The Morgan fingerprint density at radius 2 is 1.93 bits per heavy atom. The van der Waals surface area contributed by atoms with E-state index < -0.39 is 0 Å². The Balaban J connectivity index is 2.27. The van der Waals surface area contributed by atoms with Crippen molar-refractivity contribution in [3.63, 3.8) is 0 Å². The minimum absolute atomic E-state index is 0.694. The zero-order valence-corrected chi connectivity index (χ0v) is 9.79. The van der Waals surface area contributed by atoms with Crippen molar-refractivity contribution in [3.8, 4) is 0 Å². The number of benzene rings is 1. The quantitative estimate of drug-likeness (QED) is 0.689. The first-order chi connectivity index (χ1) is 7.18. The Morgan fingerprint density at radius 1 is 1.20 bits per heavy atom. The van der Waals surface area contributed by atoms with Gasteiger partial charge >= 0.3 is 0 Å². The molecule has 0 heterocycles. The van der Waals surface area contributed by atoms with Crippen LogP contribution in [0.25, 0.3) is 0 Å². The summed E-state index contributed by atoms with van der Waals surface area (Å²) in [5, 5.41) is 0. The van der Waals surface area contributed by atoms with Gasteiger partial charge in [-0.05, 0) is 42.4 Å². The van der Waals surface area contributed by atoms with Crippen LogP contribution in [0.1, 0.15) is 49.7 Å². The molecule has 1 nitrogen and oxygen atoms in total. The number of hydrogen-bond donors (Lipinski definition) is 1. The van der Waals surface area contributed by atoms with Crippen LogP contribution in [0.3, 0.4) is 0 Å². The van der Waals surface area contributed by atoms with Crippen molar-refractivity contribution in [2.24, 2.45) is 5.92 Å². The van der Waals surface area contributed by atoms with Gasteiger partial charge in [0.05, 0.1) is 0 Å². The Labute approximate surface area is 92.7 Å². The number of rotatable bonds is 1. The van der Waals surface area contributed by atoms with Gasteiger partial charge in [-0.1, -0.05) is 38.3 Å². The van der Waals surface area contributed by atoms with Crippen molar-refractivity contribution in [1.82, 2.24) is 0 Å². The Morgan fingerprint density at radius 3 is 2.60 bits per heavy atom. The van der Waals surface area contributed by atoms with E-state index in [2.05, 4.69) is 32.0 Å². The molecule has 1 heteroatoms. The van der Waals surface area contributed by atoms with Gasteiger partial charge < -0.3 is 5.73 Å². The third kappa shape index (κ3) is 2.17. The molecular formula is C14H21N. The van der Waals surface area contributed by atoms with Gasteiger partial charge in [0.2, 0.25) is 0 Å². The number of nitrogen functional groups attached to an aromatic ring is 1. The van der Waals surface area contributed by atoms with E-state index in [1.54, 1.807) is 0 Å². The van der Waals surface area contributed by atoms with Crippen molar-refractivity contribution >= 4 is 5.69 Å². The van der Waals surface area contributed by atoms with Crippen LogP contribution in [0, 0.1) is 12.8 Å². The molecule has 1 aliphatic rings. The summed E-state index contributed by atoms with van der Waals surface area (Å²) in [4.78, 5) is 0. The fourth-order valence-electron chi connectivity index (χ4n) is 2.81.